The first-order valence-corrected chi connectivity index (χ1v) is 7.05. The lowest BCUT2D eigenvalue weighted by Gasteiger charge is -2.17. The van der Waals surface area contributed by atoms with Gasteiger partial charge in [-0.1, -0.05) is 15.9 Å². The van der Waals surface area contributed by atoms with E-state index >= 15 is 0 Å². The molecule has 1 atom stereocenters. The fraction of sp³-hybridized carbons (Fsp3) is 0.571. The Morgan fingerprint density at radius 3 is 2.83 bits per heavy atom. The maximum Gasteiger partial charge on any atom is 0.122 e. The van der Waals surface area contributed by atoms with Crippen molar-refractivity contribution < 1.29 is 9.47 Å². The molecule has 0 aliphatic carbocycles. The minimum Gasteiger partial charge on any atom is -0.489 e. The molecule has 4 heteroatoms. The SMILES string of the molecule is COCCCNCC(C)Oc1ccc(Br)cc1C. The number of hydrogen-bond acceptors (Lipinski definition) is 3. The fourth-order valence-corrected chi connectivity index (χ4v) is 2.13. The topological polar surface area (TPSA) is 30.5 Å². The second kappa shape index (κ2) is 8.51. The Hall–Kier alpha value is -0.580. The average Bonchev–Trinajstić information content (AvgIpc) is 2.32. The van der Waals surface area contributed by atoms with Crippen molar-refractivity contribution in [2.75, 3.05) is 26.8 Å². The van der Waals surface area contributed by atoms with Gasteiger partial charge in [-0.05, 0) is 50.6 Å². The molecule has 1 unspecified atom stereocenters. The molecule has 0 radical (unpaired) electrons. The summed E-state index contributed by atoms with van der Waals surface area (Å²) in [7, 11) is 1.72. The molecular weight excluding hydrogens is 294 g/mol. The van der Waals surface area contributed by atoms with Crippen molar-refractivity contribution in [3.8, 4) is 5.75 Å². The maximum absolute atomic E-state index is 5.89. The summed E-state index contributed by atoms with van der Waals surface area (Å²) in [4.78, 5) is 0. The van der Waals surface area contributed by atoms with Crippen molar-refractivity contribution >= 4 is 15.9 Å². The molecule has 1 N–H and O–H groups in total. The number of nitrogens with one attached hydrogen (secondary N) is 1. The Balaban J connectivity index is 2.28. The summed E-state index contributed by atoms with van der Waals surface area (Å²) in [6.07, 6.45) is 1.19. The smallest absolute Gasteiger partial charge is 0.122 e. The Morgan fingerprint density at radius 2 is 2.17 bits per heavy atom. The predicted octanol–water partition coefficient (Wildman–Crippen LogP) is 3.15. The molecule has 0 aliphatic heterocycles. The van der Waals surface area contributed by atoms with E-state index in [0.29, 0.717) is 0 Å². The lowest BCUT2D eigenvalue weighted by atomic mass is 10.2. The molecule has 3 nitrogen and oxygen atoms in total. The number of benzene rings is 1. The van der Waals surface area contributed by atoms with Gasteiger partial charge in [-0.25, -0.2) is 0 Å². The molecule has 0 saturated heterocycles. The summed E-state index contributed by atoms with van der Waals surface area (Å²) in [5.74, 6) is 0.949. The summed E-state index contributed by atoms with van der Waals surface area (Å²) in [5.41, 5.74) is 1.15. The van der Waals surface area contributed by atoms with Gasteiger partial charge in [0.05, 0.1) is 0 Å². The van der Waals surface area contributed by atoms with E-state index in [0.717, 1.165) is 41.9 Å². The van der Waals surface area contributed by atoms with Crippen LogP contribution in [0.4, 0.5) is 0 Å². The third kappa shape index (κ3) is 5.85. The zero-order valence-electron chi connectivity index (χ0n) is 11.3. The molecule has 0 aliphatic rings. The summed E-state index contributed by atoms with van der Waals surface area (Å²) in [6, 6.07) is 6.07. The normalized spacial score (nSPS) is 12.4. The third-order valence-electron chi connectivity index (χ3n) is 2.60. The van der Waals surface area contributed by atoms with E-state index in [1.807, 2.05) is 12.1 Å². The number of ether oxygens (including phenoxy) is 2. The molecule has 1 rings (SSSR count). The van der Waals surface area contributed by atoms with Crippen LogP contribution in [-0.2, 0) is 4.74 Å². The highest BCUT2D eigenvalue weighted by molar-refractivity contribution is 9.10. The first-order valence-electron chi connectivity index (χ1n) is 6.26. The minimum absolute atomic E-state index is 0.160. The average molecular weight is 316 g/mol. The Kier molecular flexibility index (Phi) is 7.32. The lowest BCUT2D eigenvalue weighted by molar-refractivity contribution is 0.188. The van der Waals surface area contributed by atoms with Crippen LogP contribution in [-0.4, -0.2) is 32.9 Å². The standard InChI is InChI=1S/C14H22BrNO2/c1-11-9-13(15)5-6-14(11)18-12(2)10-16-7-4-8-17-3/h5-6,9,12,16H,4,7-8,10H2,1-3H3. The molecule has 0 fully saturated rings. The van der Waals surface area contributed by atoms with E-state index < -0.39 is 0 Å². The highest BCUT2D eigenvalue weighted by Crippen LogP contribution is 2.22. The monoisotopic (exact) mass is 315 g/mol. The van der Waals surface area contributed by atoms with Gasteiger partial charge >= 0.3 is 0 Å². The molecule has 0 amide bonds. The van der Waals surface area contributed by atoms with Gasteiger partial charge in [0.25, 0.3) is 0 Å². The number of methoxy groups -OCH3 is 1. The first-order chi connectivity index (χ1) is 8.63. The van der Waals surface area contributed by atoms with Gasteiger partial charge in [-0.15, -0.1) is 0 Å². The van der Waals surface area contributed by atoms with Gasteiger partial charge in [0.1, 0.15) is 11.9 Å². The van der Waals surface area contributed by atoms with Crippen molar-refractivity contribution in [3.05, 3.63) is 28.2 Å². The number of hydrogen-bond donors (Lipinski definition) is 1. The first kappa shape index (κ1) is 15.5. The summed E-state index contributed by atoms with van der Waals surface area (Å²) in [6.45, 7) is 6.73. The Morgan fingerprint density at radius 1 is 1.39 bits per heavy atom. The van der Waals surface area contributed by atoms with Gasteiger partial charge in [-0.3, -0.25) is 0 Å². The zero-order valence-corrected chi connectivity index (χ0v) is 12.9. The third-order valence-corrected chi connectivity index (χ3v) is 3.09. The molecule has 0 bridgehead atoms. The van der Waals surface area contributed by atoms with Crippen LogP contribution in [0.25, 0.3) is 0 Å². The van der Waals surface area contributed by atoms with Crippen molar-refractivity contribution in [2.45, 2.75) is 26.4 Å². The van der Waals surface area contributed by atoms with Crippen LogP contribution in [0, 0.1) is 6.92 Å². The van der Waals surface area contributed by atoms with Crippen LogP contribution in [0.2, 0.25) is 0 Å². The number of rotatable bonds is 8. The van der Waals surface area contributed by atoms with Gasteiger partial charge in [0.2, 0.25) is 0 Å². The van der Waals surface area contributed by atoms with Crippen LogP contribution in [0.5, 0.6) is 5.75 Å². The van der Waals surface area contributed by atoms with E-state index in [4.69, 9.17) is 9.47 Å². The van der Waals surface area contributed by atoms with Gasteiger partial charge in [0, 0.05) is 24.7 Å². The quantitative estimate of drug-likeness (QED) is 0.747. The predicted molar refractivity (Wildman–Crippen MR) is 78.3 cm³/mol. The van der Waals surface area contributed by atoms with Gasteiger partial charge in [-0.2, -0.15) is 0 Å². The second-order valence-corrected chi connectivity index (χ2v) is 5.30. The largest absolute Gasteiger partial charge is 0.489 e. The summed E-state index contributed by atoms with van der Waals surface area (Å²) < 4.78 is 12.0. The van der Waals surface area contributed by atoms with Crippen molar-refractivity contribution in [1.82, 2.24) is 5.32 Å². The van der Waals surface area contributed by atoms with Crippen molar-refractivity contribution in [3.63, 3.8) is 0 Å². The van der Waals surface area contributed by atoms with Gasteiger partial charge < -0.3 is 14.8 Å². The van der Waals surface area contributed by atoms with E-state index in [9.17, 15) is 0 Å². The van der Waals surface area contributed by atoms with Crippen LogP contribution in [0.3, 0.4) is 0 Å². The minimum atomic E-state index is 0.160. The molecule has 102 valence electrons. The van der Waals surface area contributed by atoms with E-state index in [1.54, 1.807) is 7.11 Å². The lowest BCUT2D eigenvalue weighted by Crippen LogP contribution is -2.30. The van der Waals surface area contributed by atoms with Crippen LogP contribution >= 0.6 is 15.9 Å². The molecule has 1 aromatic rings. The summed E-state index contributed by atoms with van der Waals surface area (Å²) in [5, 5.41) is 3.36. The Labute approximate surface area is 118 Å². The molecular formula is C14H22BrNO2. The maximum atomic E-state index is 5.89. The van der Waals surface area contributed by atoms with Crippen LogP contribution in [0.1, 0.15) is 18.9 Å². The summed E-state index contributed by atoms with van der Waals surface area (Å²) >= 11 is 3.45. The molecule has 0 saturated carbocycles. The fourth-order valence-electron chi connectivity index (χ4n) is 1.65. The molecule has 0 aromatic heterocycles. The van der Waals surface area contributed by atoms with Gasteiger partial charge in [0.15, 0.2) is 0 Å². The number of halogens is 1. The van der Waals surface area contributed by atoms with E-state index in [-0.39, 0.29) is 6.10 Å². The second-order valence-electron chi connectivity index (χ2n) is 4.39. The van der Waals surface area contributed by atoms with Crippen LogP contribution < -0.4 is 10.1 Å². The highest BCUT2D eigenvalue weighted by atomic mass is 79.9. The molecule has 0 spiro atoms. The number of aryl methyl sites for hydroxylation is 1. The molecule has 0 heterocycles. The highest BCUT2D eigenvalue weighted by Gasteiger charge is 2.06. The molecule has 1 aromatic carbocycles. The zero-order chi connectivity index (χ0) is 13.4. The van der Waals surface area contributed by atoms with Crippen LogP contribution in [0.15, 0.2) is 22.7 Å². The van der Waals surface area contributed by atoms with E-state index in [2.05, 4.69) is 41.2 Å². The van der Waals surface area contributed by atoms with Crippen molar-refractivity contribution in [2.24, 2.45) is 0 Å². The molecule has 18 heavy (non-hydrogen) atoms. The Bertz CT molecular complexity index is 358. The van der Waals surface area contributed by atoms with Crippen molar-refractivity contribution in [1.29, 1.82) is 0 Å². The van der Waals surface area contributed by atoms with E-state index in [1.165, 1.54) is 0 Å².